The van der Waals surface area contributed by atoms with Crippen LogP contribution in [0.3, 0.4) is 0 Å². The van der Waals surface area contributed by atoms with Crippen LogP contribution in [-0.4, -0.2) is 80.0 Å². The second-order valence-electron chi connectivity index (χ2n) is 9.91. The van der Waals surface area contributed by atoms with E-state index in [-0.39, 0.29) is 30.2 Å². The fraction of sp³-hybridized carbons (Fsp3) is 0.333. The lowest BCUT2D eigenvalue weighted by molar-refractivity contribution is -0.134. The Morgan fingerprint density at radius 2 is 1.80 bits per heavy atom. The van der Waals surface area contributed by atoms with E-state index in [2.05, 4.69) is 52.6 Å². The number of carbonyl (C=O) groups excluding carboxylic acids is 4. The number of likely N-dealkylation sites (tertiary alicyclic amines) is 1. The summed E-state index contributed by atoms with van der Waals surface area (Å²) in [5.74, 6) is -0.731. The Hall–Kier alpha value is -3.78. The fourth-order valence-corrected chi connectivity index (χ4v) is 6.32. The van der Waals surface area contributed by atoms with Gasteiger partial charge in [-0.25, -0.2) is 14.6 Å². The van der Waals surface area contributed by atoms with Gasteiger partial charge in [0, 0.05) is 52.3 Å². The Balaban J connectivity index is 1.27. The van der Waals surface area contributed by atoms with E-state index >= 15 is 0 Å². The van der Waals surface area contributed by atoms with Gasteiger partial charge in [0.05, 0.1) is 5.69 Å². The van der Waals surface area contributed by atoms with Crippen LogP contribution in [0.2, 0.25) is 0 Å². The molecule has 2 aromatic carbocycles. The second-order valence-corrected chi connectivity index (χ2v) is 11.6. The van der Waals surface area contributed by atoms with Gasteiger partial charge >= 0.3 is 12.1 Å². The smallest absolute Gasteiger partial charge is 0.344 e. The van der Waals surface area contributed by atoms with E-state index in [4.69, 9.17) is 5.73 Å². The van der Waals surface area contributed by atoms with Crippen LogP contribution >= 0.6 is 31.9 Å². The predicted molar refractivity (Wildman–Crippen MR) is 158 cm³/mol. The lowest BCUT2D eigenvalue weighted by atomic mass is 9.99. The van der Waals surface area contributed by atoms with Crippen molar-refractivity contribution in [2.45, 2.75) is 37.8 Å². The molecule has 41 heavy (non-hydrogen) atoms. The van der Waals surface area contributed by atoms with Crippen LogP contribution in [0.25, 0.3) is 0 Å². The minimum Gasteiger partial charge on any atom is -0.397 e. The van der Waals surface area contributed by atoms with Crippen molar-refractivity contribution in [3.8, 4) is 0 Å². The SMILES string of the molecule is Nc1c(Br)cc(C(=O)C[C@@H](NC(=O)n2cncn2)C(=O)N2CCC(N3CCc4ccccc4NC3=O)CC2)cc1Br. The second kappa shape index (κ2) is 12.4. The number of nitrogens with one attached hydrogen (secondary N) is 2. The van der Waals surface area contributed by atoms with Crippen LogP contribution in [0.4, 0.5) is 21.0 Å². The summed E-state index contributed by atoms with van der Waals surface area (Å²) in [6.45, 7) is 1.34. The third-order valence-electron chi connectivity index (χ3n) is 7.37. The summed E-state index contributed by atoms with van der Waals surface area (Å²) >= 11 is 6.68. The van der Waals surface area contributed by atoms with Crippen molar-refractivity contribution < 1.29 is 19.2 Å². The van der Waals surface area contributed by atoms with Crippen LogP contribution in [0.15, 0.2) is 58.0 Å². The minimum absolute atomic E-state index is 0.0392. The molecule has 3 aromatic rings. The number of nitrogen functional groups attached to an aromatic ring is 1. The summed E-state index contributed by atoms with van der Waals surface area (Å²) in [5.41, 5.74) is 8.64. The summed E-state index contributed by atoms with van der Waals surface area (Å²) in [5, 5.41) is 9.46. The maximum absolute atomic E-state index is 13.7. The van der Waals surface area contributed by atoms with Gasteiger partial charge in [-0.1, -0.05) is 18.2 Å². The van der Waals surface area contributed by atoms with Gasteiger partial charge in [0.2, 0.25) is 5.91 Å². The molecule has 1 aromatic heterocycles. The van der Waals surface area contributed by atoms with Crippen molar-refractivity contribution in [2.75, 3.05) is 30.7 Å². The number of fused-ring (bicyclic) bond motifs is 1. The van der Waals surface area contributed by atoms with E-state index in [0.717, 1.165) is 22.4 Å². The monoisotopic (exact) mass is 686 g/mol. The van der Waals surface area contributed by atoms with E-state index < -0.39 is 12.1 Å². The normalized spacial score (nSPS) is 16.4. The number of aromatic nitrogens is 3. The van der Waals surface area contributed by atoms with Crippen molar-refractivity contribution in [1.29, 1.82) is 0 Å². The molecule has 14 heteroatoms. The summed E-state index contributed by atoms with van der Waals surface area (Å²) < 4.78 is 2.03. The van der Waals surface area contributed by atoms with Gasteiger partial charge < -0.3 is 26.2 Å². The number of hydrogen-bond donors (Lipinski definition) is 3. The quantitative estimate of drug-likeness (QED) is 0.264. The molecule has 214 valence electrons. The number of Topliss-reactive ketones (excluding diaryl/α,β-unsaturated/α-hetero) is 1. The highest BCUT2D eigenvalue weighted by Crippen LogP contribution is 2.30. The average molecular weight is 688 g/mol. The molecule has 2 aliphatic heterocycles. The number of hydrogen-bond acceptors (Lipinski definition) is 7. The molecule has 4 amide bonds. The Bertz CT molecular complexity index is 1450. The number of rotatable bonds is 6. The first-order valence-electron chi connectivity index (χ1n) is 13.1. The summed E-state index contributed by atoms with van der Waals surface area (Å²) in [4.78, 5) is 60.0. The van der Waals surface area contributed by atoms with Crippen LogP contribution in [0, 0.1) is 0 Å². The third kappa shape index (κ3) is 6.43. The molecular formula is C27H28Br2N8O4. The molecule has 12 nitrogen and oxygen atoms in total. The highest BCUT2D eigenvalue weighted by molar-refractivity contribution is 9.11. The van der Waals surface area contributed by atoms with E-state index in [0.29, 0.717) is 52.7 Å². The highest BCUT2D eigenvalue weighted by Gasteiger charge is 2.35. The number of nitrogens with zero attached hydrogens (tertiary/aromatic N) is 5. The Kier molecular flexibility index (Phi) is 8.68. The Morgan fingerprint density at radius 3 is 2.49 bits per heavy atom. The molecule has 0 bridgehead atoms. The summed E-state index contributed by atoms with van der Waals surface area (Å²) in [6, 6.07) is 8.92. The minimum atomic E-state index is -1.14. The first-order valence-corrected chi connectivity index (χ1v) is 14.7. The lowest BCUT2D eigenvalue weighted by Gasteiger charge is -2.39. The van der Waals surface area contributed by atoms with E-state index in [9.17, 15) is 19.2 Å². The number of urea groups is 1. The molecule has 1 saturated heterocycles. The molecule has 0 saturated carbocycles. The van der Waals surface area contributed by atoms with E-state index in [1.165, 1.54) is 12.7 Å². The zero-order chi connectivity index (χ0) is 29.1. The molecular weight excluding hydrogens is 660 g/mol. The van der Waals surface area contributed by atoms with Crippen molar-refractivity contribution >= 4 is 67.0 Å². The third-order valence-corrected chi connectivity index (χ3v) is 8.68. The van der Waals surface area contributed by atoms with Crippen LogP contribution in [-0.2, 0) is 11.2 Å². The first kappa shape index (κ1) is 28.7. The first-order chi connectivity index (χ1) is 19.7. The average Bonchev–Trinajstić information content (AvgIpc) is 3.46. The van der Waals surface area contributed by atoms with E-state index in [1.54, 1.807) is 17.0 Å². The number of halogens is 2. The molecule has 0 radical (unpaired) electrons. The van der Waals surface area contributed by atoms with E-state index in [1.807, 2.05) is 29.2 Å². The molecule has 1 atom stereocenters. The number of carbonyl (C=O) groups is 4. The number of nitrogens with two attached hydrogens (primary N) is 1. The van der Waals surface area contributed by atoms with Crippen molar-refractivity contribution in [3.05, 3.63) is 69.1 Å². The number of ketones is 1. The topological polar surface area (TPSA) is 156 Å². The largest absolute Gasteiger partial charge is 0.397 e. The maximum atomic E-state index is 13.7. The van der Waals surface area contributed by atoms with Crippen molar-refractivity contribution in [2.24, 2.45) is 0 Å². The van der Waals surface area contributed by atoms with Gasteiger partial charge in [-0.2, -0.15) is 9.78 Å². The van der Waals surface area contributed by atoms with Crippen molar-refractivity contribution in [1.82, 2.24) is 29.9 Å². The lowest BCUT2D eigenvalue weighted by Crippen LogP contribution is -2.55. The van der Waals surface area contributed by atoms with Gasteiger partial charge in [0.1, 0.15) is 18.7 Å². The highest BCUT2D eigenvalue weighted by atomic mass is 79.9. The number of benzene rings is 2. The molecule has 5 rings (SSSR count). The molecule has 1 fully saturated rings. The Labute approximate surface area is 252 Å². The van der Waals surface area contributed by atoms with Gasteiger partial charge in [-0.3, -0.25) is 9.59 Å². The van der Waals surface area contributed by atoms with Gasteiger partial charge in [0.25, 0.3) is 0 Å². The molecule has 0 unspecified atom stereocenters. The summed E-state index contributed by atoms with van der Waals surface area (Å²) in [6.07, 6.45) is 4.03. The Morgan fingerprint density at radius 1 is 1.10 bits per heavy atom. The van der Waals surface area contributed by atoms with Gasteiger partial charge in [-0.15, -0.1) is 0 Å². The molecule has 0 spiro atoms. The van der Waals surface area contributed by atoms with Crippen molar-refractivity contribution in [3.63, 3.8) is 0 Å². The molecule has 0 aliphatic carbocycles. The molecule has 3 heterocycles. The van der Waals surface area contributed by atoms with Crippen LogP contribution in [0.5, 0.6) is 0 Å². The van der Waals surface area contributed by atoms with Crippen LogP contribution in [0.1, 0.15) is 35.2 Å². The van der Waals surface area contributed by atoms with Gasteiger partial charge in [0.15, 0.2) is 5.78 Å². The molecule has 4 N–H and O–H groups in total. The fourth-order valence-electron chi connectivity index (χ4n) is 5.13. The number of amides is 4. The molecule has 2 aliphatic rings. The predicted octanol–water partition coefficient (Wildman–Crippen LogP) is 3.67. The zero-order valence-electron chi connectivity index (χ0n) is 21.9. The number of para-hydroxylation sites is 1. The summed E-state index contributed by atoms with van der Waals surface area (Å²) in [7, 11) is 0. The van der Waals surface area contributed by atoms with Crippen LogP contribution < -0.4 is 16.4 Å². The zero-order valence-corrected chi connectivity index (χ0v) is 25.1. The standard InChI is InChI=1S/C27H28Br2N8O4/c28-19-11-17(12-20(29)24(19)30)23(38)13-22(34-27(41)37-15-31-14-32-37)25(39)35-8-6-18(7-9-35)36-10-5-16-3-1-2-4-21(16)33-26(36)40/h1-4,11-12,14-15,18,22H,5-10,13,30H2,(H,33,40)(H,34,41)/t22-/m1/s1. The maximum Gasteiger partial charge on any atom is 0.344 e. The number of piperidine rings is 1. The van der Waals surface area contributed by atoms with Gasteiger partial charge in [-0.05, 0) is 74.9 Å². The number of anilines is 2.